The van der Waals surface area contributed by atoms with Crippen LogP contribution in [0.15, 0.2) is 53.9 Å². The van der Waals surface area contributed by atoms with Gasteiger partial charge in [0, 0.05) is 11.1 Å². The molecule has 3 rings (SSSR count). The summed E-state index contributed by atoms with van der Waals surface area (Å²) in [6.07, 6.45) is -4.05. The van der Waals surface area contributed by atoms with Gasteiger partial charge >= 0.3 is 12.2 Å². The Labute approximate surface area is 188 Å². The van der Waals surface area contributed by atoms with Crippen molar-refractivity contribution >= 4 is 28.2 Å². The number of para-hydroxylation sites is 1. The summed E-state index contributed by atoms with van der Waals surface area (Å²) >= 11 is 1.23. The molecule has 0 aliphatic heterocycles. The number of hydrogen-bond acceptors (Lipinski definition) is 4. The normalized spacial score (nSPS) is 13.0. The van der Waals surface area contributed by atoms with E-state index in [4.69, 9.17) is 5.73 Å². The first kappa shape index (κ1) is 23.7. The molecule has 0 aliphatic rings. The van der Waals surface area contributed by atoms with Gasteiger partial charge in [0.25, 0.3) is 0 Å². The lowest BCUT2D eigenvalue weighted by Crippen LogP contribution is -2.23. The fourth-order valence-corrected chi connectivity index (χ4v) is 3.97. The maximum Gasteiger partial charge on any atom is 0.416 e. The van der Waals surface area contributed by atoms with Gasteiger partial charge in [0.05, 0.1) is 17.3 Å². The second kappa shape index (κ2) is 9.30. The van der Waals surface area contributed by atoms with Crippen LogP contribution in [-0.2, 0) is 18.0 Å². The summed E-state index contributed by atoms with van der Waals surface area (Å²) in [6, 6.07) is 11.6. The molecule has 0 bridgehead atoms. The van der Waals surface area contributed by atoms with E-state index in [1.807, 2.05) is 24.3 Å². The highest BCUT2D eigenvalue weighted by molar-refractivity contribution is 7.13. The Kier molecular flexibility index (Phi) is 6.90. The average molecular weight is 463 g/mol. The molecule has 2 amide bonds. The van der Waals surface area contributed by atoms with E-state index in [-0.39, 0.29) is 5.41 Å². The Bertz CT molecular complexity index is 1070. The summed E-state index contributed by atoms with van der Waals surface area (Å²) in [5, 5.41) is 7.68. The zero-order valence-electron chi connectivity index (χ0n) is 18.0. The van der Waals surface area contributed by atoms with Gasteiger partial charge in [-0.3, -0.25) is 5.32 Å². The van der Waals surface area contributed by atoms with Crippen molar-refractivity contribution in [3.8, 4) is 0 Å². The predicted molar refractivity (Wildman–Crippen MR) is 122 cm³/mol. The number of rotatable bonds is 5. The van der Waals surface area contributed by atoms with E-state index in [0.717, 1.165) is 17.7 Å². The molecule has 0 fully saturated rings. The molecule has 1 unspecified atom stereocenters. The molecule has 1 atom stereocenters. The SMILES string of the molecule is CC(C)(C)c1ccccc1NC(=O)Nc1nc(C(N)Cc2ccc(C(F)(F)F)cc2)cs1. The fraction of sp³-hybridized carbons (Fsp3) is 0.304. The first-order chi connectivity index (χ1) is 14.9. The minimum absolute atomic E-state index is 0.136. The van der Waals surface area contributed by atoms with Gasteiger partial charge in [-0.15, -0.1) is 11.3 Å². The number of carbonyl (C=O) groups is 1. The van der Waals surface area contributed by atoms with Crippen LogP contribution in [0, 0.1) is 0 Å². The molecule has 9 heteroatoms. The van der Waals surface area contributed by atoms with Crippen LogP contribution in [0.3, 0.4) is 0 Å². The van der Waals surface area contributed by atoms with Crippen molar-refractivity contribution in [2.24, 2.45) is 5.73 Å². The van der Waals surface area contributed by atoms with Crippen molar-refractivity contribution in [1.29, 1.82) is 0 Å². The van der Waals surface area contributed by atoms with E-state index in [1.54, 1.807) is 5.38 Å². The van der Waals surface area contributed by atoms with E-state index in [0.29, 0.717) is 28.5 Å². The third kappa shape index (κ3) is 6.08. The zero-order valence-corrected chi connectivity index (χ0v) is 18.8. The standard InChI is InChI=1S/C23H25F3N4OS/c1-22(2,3)16-6-4-5-7-18(16)28-20(31)30-21-29-19(13-32-21)17(27)12-14-8-10-15(11-9-14)23(24,25)26/h4-11,13,17H,12,27H2,1-3H3,(H2,28,29,30,31). The Morgan fingerprint density at radius 2 is 1.72 bits per heavy atom. The summed E-state index contributed by atoms with van der Waals surface area (Å²) < 4.78 is 38.1. The highest BCUT2D eigenvalue weighted by atomic mass is 32.1. The smallest absolute Gasteiger partial charge is 0.322 e. The summed E-state index contributed by atoms with van der Waals surface area (Å²) in [4.78, 5) is 16.8. The van der Waals surface area contributed by atoms with Gasteiger partial charge in [0.15, 0.2) is 5.13 Å². The number of nitrogens with zero attached hydrogens (tertiary/aromatic N) is 1. The number of thiazole rings is 1. The van der Waals surface area contributed by atoms with Crippen LogP contribution < -0.4 is 16.4 Å². The topological polar surface area (TPSA) is 80.0 Å². The first-order valence-corrected chi connectivity index (χ1v) is 10.9. The molecule has 0 saturated heterocycles. The molecule has 32 heavy (non-hydrogen) atoms. The van der Waals surface area contributed by atoms with Crippen LogP contribution in [0.1, 0.15) is 49.2 Å². The van der Waals surface area contributed by atoms with E-state index in [2.05, 4.69) is 36.4 Å². The zero-order chi connectivity index (χ0) is 23.5. The maximum atomic E-state index is 12.7. The van der Waals surface area contributed by atoms with Crippen LogP contribution in [-0.4, -0.2) is 11.0 Å². The molecule has 0 saturated carbocycles. The van der Waals surface area contributed by atoms with Gasteiger partial charge in [-0.2, -0.15) is 13.2 Å². The molecule has 0 aliphatic carbocycles. The Hall–Kier alpha value is -2.91. The van der Waals surface area contributed by atoms with Crippen LogP contribution >= 0.6 is 11.3 Å². The average Bonchev–Trinajstić information content (AvgIpc) is 3.16. The summed E-state index contributed by atoms with van der Waals surface area (Å²) in [7, 11) is 0. The number of alkyl halides is 3. The third-order valence-electron chi connectivity index (χ3n) is 4.84. The van der Waals surface area contributed by atoms with Crippen molar-refractivity contribution in [2.75, 3.05) is 10.6 Å². The molecule has 1 aromatic heterocycles. The number of nitrogens with two attached hydrogens (primary N) is 1. The number of carbonyl (C=O) groups excluding carboxylic acids is 1. The van der Waals surface area contributed by atoms with Crippen molar-refractivity contribution < 1.29 is 18.0 Å². The van der Waals surface area contributed by atoms with Crippen LogP contribution in [0.2, 0.25) is 0 Å². The van der Waals surface area contributed by atoms with Crippen molar-refractivity contribution in [2.45, 2.75) is 44.8 Å². The monoisotopic (exact) mass is 462 g/mol. The molecule has 3 aromatic rings. The second-order valence-electron chi connectivity index (χ2n) is 8.46. The van der Waals surface area contributed by atoms with Gasteiger partial charge in [-0.05, 0) is 41.2 Å². The van der Waals surface area contributed by atoms with E-state index in [1.165, 1.54) is 23.5 Å². The predicted octanol–water partition coefficient (Wildman–Crippen LogP) is 6.35. The van der Waals surface area contributed by atoms with Crippen molar-refractivity contribution in [1.82, 2.24) is 4.98 Å². The van der Waals surface area contributed by atoms with E-state index < -0.39 is 23.8 Å². The summed E-state index contributed by atoms with van der Waals surface area (Å²) in [5.41, 5.74) is 8.29. The molecule has 4 N–H and O–H groups in total. The number of anilines is 2. The number of hydrogen-bond donors (Lipinski definition) is 3. The largest absolute Gasteiger partial charge is 0.416 e. The third-order valence-corrected chi connectivity index (χ3v) is 5.62. The summed E-state index contributed by atoms with van der Waals surface area (Å²) in [6.45, 7) is 6.20. The number of benzene rings is 2. The molecule has 0 radical (unpaired) electrons. The molecule has 0 spiro atoms. The lowest BCUT2D eigenvalue weighted by molar-refractivity contribution is -0.137. The molecular weight excluding hydrogens is 437 g/mol. The number of urea groups is 1. The van der Waals surface area contributed by atoms with E-state index in [9.17, 15) is 18.0 Å². The van der Waals surface area contributed by atoms with Crippen LogP contribution in [0.25, 0.3) is 0 Å². The molecular formula is C23H25F3N4OS. The maximum absolute atomic E-state index is 12.7. The highest BCUT2D eigenvalue weighted by Crippen LogP contribution is 2.31. The van der Waals surface area contributed by atoms with Gasteiger partial charge in [-0.25, -0.2) is 9.78 Å². The van der Waals surface area contributed by atoms with Gasteiger partial charge < -0.3 is 11.1 Å². The Morgan fingerprint density at radius 1 is 1.06 bits per heavy atom. The molecule has 2 aromatic carbocycles. The van der Waals surface area contributed by atoms with Gasteiger partial charge in [0.2, 0.25) is 0 Å². The van der Waals surface area contributed by atoms with Crippen LogP contribution in [0.4, 0.5) is 28.8 Å². The number of halogens is 3. The quantitative estimate of drug-likeness (QED) is 0.414. The fourth-order valence-electron chi connectivity index (χ4n) is 3.20. The van der Waals surface area contributed by atoms with Crippen molar-refractivity contribution in [3.63, 3.8) is 0 Å². The van der Waals surface area contributed by atoms with Crippen molar-refractivity contribution in [3.05, 3.63) is 76.3 Å². The molecule has 170 valence electrons. The van der Waals surface area contributed by atoms with E-state index >= 15 is 0 Å². The molecule has 1 heterocycles. The summed E-state index contributed by atoms with van der Waals surface area (Å²) in [5.74, 6) is 0. The Balaban J connectivity index is 1.62. The van der Waals surface area contributed by atoms with Gasteiger partial charge in [-0.1, -0.05) is 51.1 Å². The number of amides is 2. The lowest BCUT2D eigenvalue weighted by Gasteiger charge is -2.22. The minimum Gasteiger partial charge on any atom is -0.322 e. The second-order valence-corrected chi connectivity index (χ2v) is 9.32. The minimum atomic E-state index is -4.37. The highest BCUT2D eigenvalue weighted by Gasteiger charge is 2.30. The number of aromatic nitrogens is 1. The lowest BCUT2D eigenvalue weighted by atomic mass is 9.86. The van der Waals surface area contributed by atoms with Gasteiger partial charge in [0.1, 0.15) is 0 Å². The van der Waals surface area contributed by atoms with Crippen LogP contribution in [0.5, 0.6) is 0 Å². The first-order valence-electron chi connectivity index (χ1n) is 9.98. The Morgan fingerprint density at radius 3 is 2.34 bits per heavy atom. The molecule has 5 nitrogen and oxygen atoms in total. The number of nitrogens with one attached hydrogen (secondary N) is 2.